The Hall–Kier alpha value is -7.03. The molecule has 1 aromatic heterocycles. The van der Waals surface area contributed by atoms with Gasteiger partial charge >= 0.3 is 17.3 Å². The van der Waals surface area contributed by atoms with Gasteiger partial charge in [0.15, 0.2) is 5.75 Å². The van der Waals surface area contributed by atoms with E-state index in [1.807, 2.05) is 77.1 Å². The third-order valence-electron chi connectivity index (χ3n) is 20.2. The number of fused-ring (bicyclic) bond motifs is 1. The number of carbonyl (C=O) groups is 1. The maximum absolute atomic E-state index is 13.3. The Balaban J connectivity index is 0.000000732. The molecule has 9 N–H and O–H groups in total. The van der Waals surface area contributed by atoms with Crippen molar-refractivity contribution in [3.8, 4) is 40.2 Å². The van der Waals surface area contributed by atoms with Gasteiger partial charge in [0.25, 0.3) is 5.56 Å². The number of nitro benzene ring substituents is 2. The number of rotatable bonds is 28. The van der Waals surface area contributed by atoms with E-state index in [0.29, 0.717) is 59.7 Å². The van der Waals surface area contributed by atoms with Crippen LogP contribution in [0.25, 0.3) is 16.6 Å². The molecule has 5 unspecified atom stereocenters. The highest BCUT2D eigenvalue weighted by atomic mass is 127. The highest BCUT2D eigenvalue weighted by molar-refractivity contribution is 14.2. The summed E-state index contributed by atoms with van der Waals surface area (Å²) in [6.45, 7) is 39.8. The molecule has 5 saturated heterocycles. The molecule has 0 bridgehead atoms. The number of aliphatic hydroxyl groups is 3. The number of nitrogens with zero attached hydrogens (tertiary/aromatic N) is 8. The summed E-state index contributed by atoms with van der Waals surface area (Å²) < 4.78 is 47.2. The van der Waals surface area contributed by atoms with Crippen LogP contribution in [0.15, 0.2) is 114 Å². The lowest BCUT2D eigenvalue weighted by Gasteiger charge is -2.16. The van der Waals surface area contributed by atoms with E-state index in [9.17, 15) is 34.2 Å². The van der Waals surface area contributed by atoms with Gasteiger partial charge in [0.1, 0.15) is 34.6 Å². The Morgan fingerprint density at radius 1 is 0.577 bits per heavy atom. The molecule has 6 heterocycles. The Kier molecular flexibility index (Phi) is 61.5. The van der Waals surface area contributed by atoms with E-state index in [2.05, 4.69) is 143 Å². The molecule has 5 aliphatic heterocycles. The fourth-order valence-corrected chi connectivity index (χ4v) is 14.0. The minimum atomic E-state index is -0.980. The van der Waals surface area contributed by atoms with Crippen molar-refractivity contribution in [2.75, 3.05) is 173 Å². The van der Waals surface area contributed by atoms with Crippen LogP contribution in [0.5, 0.6) is 34.5 Å². The van der Waals surface area contributed by atoms with Gasteiger partial charge in [0, 0.05) is 107 Å². The number of aromatic nitrogens is 2. The molecule has 5 aliphatic rings. The van der Waals surface area contributed by atoms with Crippen LogP contribution in [0.1, 0.15) is 152 Å². The number of aliphatic hydroxyl groups excluding tert-OH is 3. The summed E-state index contributed by atoms with van der Waals surface area (Å²) in [7, 11) is 6.95. The molecule has 0 aliphatic carbocycles. The van der Waals surface area contributed by atoms with Crippen LogP contribution >= 0.6 is 73.5 Å². The Bertz CT molecular complexity index is 4160. The van der Waals surface area contributed by atoms with Gasteiger partial charge < -0.3 is 85.2 Å². The molecule has 32 heteroatoms. The number of nitrogens with two attached hydrogens (primary N) is 2. The number of aromatic carboxylic acids is 1. The second kappa shape index (κ2) is 66.4. The molecular weight excluding hydrogens is 1890 g/mol. The van der Waals surface area contributed by atoms with E-state index in [-0.39, 0.29) is 46.4 Å². The number of methoxy groups -OCH3 is 4. The van der Waals surface area contributed by atoms with E-state index in [0.717, 1.165) is 153 Å². The van der Waals surface area contributed by atoms with Crippen LogP contribution in [0.3, 0.4) is 0 Å². The number of nitrogen functional groups attached to an aromatic ring is 2. The quantitative estimate of drug-likeness (QED) is 0.00598. The van der Waals surface area contributed by atoms with Gasteiger partial charge in [-0.15, -0.1) is 12.4 Å². The van der Waals surface area contributed by atoms with Crippen molar-refractivity contribution < 1.29 is 67.9 Å². The topological polar surface area (TPSA) is 352 Å². The van der Waals surface area contributed by atoms with Gasteiger partial charge in [0.05, 0.1) is 81.8 Å². The number of anilines is 2. The number of nitrogens with one attached hydrogen (secondary N) is 1. The van der Waals surface area contributed by atoms with Crippen molar-refractivity contribution in [3.05, 3.63) is 174 Å². The molecule has 12 rings (SSSR count). The smallest absolute Gasteiger partial charge is 0.337 e. The molecular formula is C91H142BrClFI2N11O16. The maximum atomic E-state index is 13.3. The van der Waals surface area contributed by atoms with Crippen LogP contribution in [-0.2, 0) is 6.42 Å². The molecule has 7 aromatic rings. The summed E-state index contributed by atoms with van der Waals surface area (Å²) >= 11 is 7.70. The zero-order valence-electron chi connectivity index (χ0n) is 75.2. The predicted octanol–water partition coefficient (Wildman–Crippen LogP) is 17.8. The number of carboxylic acids is 1. The molecule has 0 amide bonds. The number of nitro groups is 2. The summed E-state index contributed by atoms with van der Waals surface area (Å²) in [6.07, 6.45) is 13.8. The van der Waals surface area contributed by atoms with Crippen molar-refractivity contribution >= 4 is 113 Å². The summed E-state index contributed by atoms with van der Waals surface area (Å²) in [4.78, 5) is 58.4. The number of unbranched alkanes of at least 4 members (excludes halogenated alkanes) is 1. The molecule has 123 heavy (non-hydrogen) atoms. The minimum absolute atomic E-state index is 0. The second-order valence-corrected chi connectivity index (χ2v) is 35.7. The fraction of sp³-hybridized carbons (Fsp3) is 0.571. The number of likely N-dealkylation sites (tertiary alicyclic amines) is 4. The molecule has 5 atom stereocenters. The molecule has 0 radical (unpaired) electrons. The first kappa shape index (κ1) is 114. The average molecular weight is 2030 g/mol. The number of carboxylic acid groups (broad SMARTS) is 1. The Morgan fingerprint density at radius 3 is 1.44 bits per heavy atom. The normalized spacial score (nSPS) is 16.7. The van der Waals surface area contributed by atoms with Crippen LogP contribution in [0.2, 0.25) is 0 Å². The average Bonchev–Trinajstić information content (AvgIpc) is 0.953. The lowest BCUT2D eigenvalue weighted by Crippen LogP contribution is -2.23. The molecule has 692 valence electrons. The second-order valence-electron chi connectivity index (χ2n) is 30.5. The van der Waals surface area contributed by atoms with Crippen molar-refractivity contribution in [1.29, 1.82) is 0 Å². The first-order chi connectivity index (χ1) is 58.5. The van der Waals surface area contributed by atoms with E-state index in [4.69, 9.17) is 55.6 Å². The fourth-order valence-electron chi connectivity index (χ4n) is 13.8. The zero-order chi connectivity index (χ0) is 91.1. The SMILES string of the molecule is CC.CC1CCN(CCCO)C1.CC1CCNC1.CO.COc1cc(CCCCN2CCC(C)C2)ccc1-n1c(C)nc2ccc(C)cc2c1=O.COc1cc(F)ccc1[N+](=O)[O-].COc1cc(OCCCN2CCC(C)C2)ccc1N.COc1cc(OCCCN2CCC(C)C2)ccc1[N+](=O)[O-].Cc1ccc(N)c(C(=O)O)c1.Cl.ICI.OCCCBr. The van der Waals surface area contributed by atoms with E-state index in [1.165, 1.54) is 139 Å². The largest absolute Gasteiger partial charge is 0.495 e. The van der Waals surface area contributed by atoms with Crippen molar-refractivity contribution in [1.82, 2.24) is 34.5 Å². The standard InChI is InChI=1S/C26H33N3O2.C15H22N2O4.C15H24N2O2.C8H9NO2.C8H17NO.C7H6FNO3.C5H11N.C3H7BrO.C2H6.CH2I2.CH4O.ClH/c1-18-8-10-23-22(15-18)26(30)29(20(3)27-23)24-11-9-21(16-25(24)31-4)7-5-6-13-28-14-12-19(2)17-28;1-12-6-8-16(11-12)7-3-9-21-13-4-5-14(17(18)19)15(10-13)20-2;1-12-6-8-17(11-12)7-3-9-19-13-4-5-14(16)15(10-13)18-2;1-5-2-3-7(9)6(4-5)8(10)11;1-8-3-5-9(7-8)4-2-6-10;1-12-7-4-5(8)2-3-6(7)9(10)11;1-5-2-3-6-4-5;4-2-1-3-5;1-2;2-1-3;1-2;/h8-11,15-16,19H,5-7,12-14,17H2,1-4H3;4-5,10,12H,3,6-9,11H2,1-2H3;4-5,10,12H,3,6-9,11,16H2,1-2H3;2-4H,9H2,1H3,(H,10,11);8,10H,2-7H2,1H3;2-4H,1H3;5-6H,2-4H2,1H3;5H,1-3H2;1-2H3;1H2;2H,1H3;1H. The van der Waals surface area contributed by atoms with Crippen molar-refractivity contribution in [2.45, 2.75) is 146 Å². The lowest BCUT2D eigenvalue weighted by atomic mass is 10.1. The molecule has 6 aromatic carbocycles. The summed E-state index contributed by atoms with van der Waals surface area (Å²) in [5.41, 5.74) is 16.6. The van der Waals surface area contributed by atoms with Gasteiger partial charge in [-0.05, 0) is 239 Å². The van der Waals surface area contributed by atoms with Crippen molar-refractivity contribution in [2.24, 2.45) is 29.6 Å². The van der Waals surface area contributed by atoms with Gasteiger partial charge in [-0.1, -0.05) is 139 Å². The molecule has 5 fully saturated rings. The number of hydrogen-bond donors (Lipinski definition) is 7. The summed E-state index contributed by atoms with van der Waals surface area (Å²) in [5, 5.41) is 58.1. The third-order valence-corrected chi connectivity index (χ3v) is 20.8. The van der Waals surface area contributed by atoms with Crippen LogP contribution in [-0.4, -0.2) is 227 Å². The third kappa shape index (κ3) is 44.8. The first-order valence-electron chi connectivity index (χ1n) is 42.3. The van der Waals surface area contributed by atoms with Gasteiger partial charge in [-0.25, -0.2) is 14.2 Å². The highest BCUT2D eigenvalue weighted by Crippen LogP contribution is 2.33. The minimum Gasteiger partial charge on any atom is -0.495 e. The number of alkyl halides is 3. The van der Waals surface area contributed by atoms with E-state index >= 15 is 0 Å². The highest BCUT2D eigenvalue weighted by Gasteiger charge is 2.23. The predicted molar refractivity (Wildman–Crippen MR) is 520 cm³/mol. The lowest BCUT2D eigenvalue weighted by molar-refractivity contribution is -0.385. The number of hydrogen-bond acceptors (Lipinski definition) is 23. The van der Waals surface area contributed by atoms with E-state index < -0.39 is 21.6 Å². The Labute approximate surface area is 772 Å². The number of aryl methyl sites for hydroxylation is 4. The van der Waals surface area contributed by atoms with Gasteiger partial charge in [-0.2, -0.15) is 0 Å². The Morgan fingerprint density at radius 2 is 1.02 bits per heavy atom. The van der Waals surface area contributed by atoms with Crippen molar-refractivity contribution in [3.63, 3.8) is 0 Å². The summed E-state index contributed by atoms with van der Waals surface area (Å²) in [5.74, 6) is 6.39. The number of benzene rings is 6. The van der Waals surface area contributed by atoms with Gasteiger partial charge in [-0.3, -0.25) is 29.6 Å². The maximum Gasteiger partial charge on any atom is 0.337 e. The first-order valence-corrected chi connectivity index (χ1v) is 46.4. The summed E-state index contributed by atoms with van der Waals surface area (Å²) in [6, 6.07) is 30.1. The number of ether oxygens (including phenoxy) is 6. The molecule has 27 nitrogen and oxygen atoms in total. The van der Waals surface area contributed by atoms with Gasteiger partial charge in [0.2, 0.25) is 5.75 Å². The van der Waals surface area contributed by atoms with Crippen LogP contribution < -0.4 is 50.8 Å². The van der Waals surface area contributed by atoms with Crippen LogP contribution in [0, 0.1) is 76.4 Å². The van der Waals surface area contributed by atoms with Crippen LogP contribution in [0.4, 0.5) is 27.1 Å². The molecule has 0 saturated carbocycles. The van der Waals surface area contributed by atoms with E-state index in [1.54, 1.807) is 49.1 Å². The monoisotopic (exact) mass is 2030 g/mol. The molecule has 0 spiro atoms. The zero-order valence-corrected chi connectivity index (χ0v) is 82.0. The number of halogens is 5.